The summed E-state index contributed by atoms with van der Waals surface area (Å²) in [6.45, 7) is 1.86. The number of amides is 1. The lowest BCUT2D eigenvalue weighted by Gasteiger charge is -2.29. The van der Waals surface area contributed by atoms with E-state index in [4.69, 9.17) is 4.84 Å². The molecule has 5 rings (SSSR count). The van der Waals surface area contributed by atoms with Gasteiger partial charge in [0.1, 0.15) is 12.3 Å². The number of rotatable bonds is 7. The number of aromatic nitrogens is 3. The normalized spacial score (nSPS) is 24.6. The number of halogens is 3. The van der Waals surface area contributed by atoms with Crippen LogP contribution in [-0.2, 0) is 11.9 Å². The lowest BCUT2D eigenvalue weighted by Crippen LogP contribution is -2.39. The van der Waals surface area contributed by atoms with Gasteiger partial charge in [-0.3, -0.25) is 9.48 Å². The van der Waals surface area contributed by atoms with Gasteiger partial charge in [-0.2, -0.15) is 18.3 Å². The molecule has 1 aromatic carbocycles. The average molecular weight is 502 g/mol. The van der Waals surface area contributed by atoms with E-state index >= 15 is 0 Å². The molecular formula is C26H30F3N5O2. The maximum Gasteiger partial charge on any atom is 0.392 e. The van der Waals surface area contributed by atoms with E-state index in [9.17, 15) is 18.0 Å². The lowest BCUT2D eigenvalue weighted by molar-refractivity contribution is -0.152. The Hall–Kier alpha value is -3.30. The molecule has 7 nitrogen and oxygen atoms in total. The average Bonchev–Trinajstić information content (AvgIpc) is 3.39. The summed E-state index contributed by atoms with van der Waals surface area (Å²) in [6, 6.07) is 9.63. The Balaban J connectivity index is 1.22. The molecule has 2 atom stereocenters. The Morgan fingerprint density at radius 1 is 1.22 bits per heavy atom. The highest BCUT2D eigenvalue weighted by molar-refractivity contribution is 6.08. The summed E-state index contributed by atoms with van der Waals surface area (Å²) in [5.41, 5.74) is 3.95. The van der Waals surface area contributed by atoms with E-state index in [2.05, 4.69) is 20.6 Å². The molecule has 36 heavy (non-hydrogen) atoms. The monoisotopic (exact) mass is 501 g/mol. The van der Waals surface area contributed by atoms with Crippen molar-refractivity contribution in [2.45, 2.75) is 51.2 Å². The fourth-order valence-corrected chi connectivity index (χ4v) is 5.33. The number of hydrogen-bond acceptors (Lipinski definition) is 4. The van der Waals surface area contributed by atoms with Gasteiger partial charge < -0.3 is 15.1 Å². The van der Waals surface area contributed by atoms with Gasteiger partial charge in [-0.25, -0.2) is 0 Å². The minimum absolute atomic E-state index is 0.0366. The van der Waals surface area contributed by atoms with Crippen LogP contribution in [0.3, 0.4) is 0 Å². The Morgan fingerprint density at radius 2 is 1.97 bits per heavy atom. The van der Waals surface area contributed by atoms with Crippen molar-refractivity contribution in [3.63, 3.8) is 0 Å². The molecule has 2 saturated carbocycles. The van der Waals surface area contributed by atoms with Crippen LogP contribution in [0.15, 0.2) is 41.7 Å². The molecule has 2 unspecified atom stereocenters. The number of hydrogen-bond donors (Lipinski definition) is 2. The summed E-state index contributed by atoms with van der Waals surface area (Å²) in [4.78, 5) is 21.8. The van der Waals surface area contributed by atoms with E-state index in [1.807, 2.05) is 37.3 Å². The zero-order chi connectivity index (χ0) is 25.4. The first-order valence-corrected chi connectivity index (χ1v) is 12.4. The second-order valence-corrected chi connectivity index (χ2v) is 9.95. The van der Waals surface area contributed by atoms with Crippen molar-refractivity contribution in [3.8, 4) is 0 Å². The number of alkyl halides is 3. The van der Waals surface area contributed by atoms with Crippen molar-refractivity contribution in [3.05, 3.63) is 53.5 Å². The van der Waals surface area contributed by atoms with E-state index in [1.54, 1.807) is 17.9 Å². The van der Waals surface area contributed by atoms with Crippen LogP contribution in [0.4, 0.5) is 13.2 Å². The molecule has 0 spiro atoms. The van der Waals surface area contributed by atoms with Crippen LogP contribution in [0.2, 0.25) is 0 Å². The van der Waals surface area contributed by atoms with Crippen LogP contribution in [-0.4, -0.2) is 45.2 Å². The van der Waals surface area contributed by atoms with Crippen LogP contribution >= 0.6 is 0 Å². The molecule has 2 heterocycles. The van der Waals surface area contributed by atoms with Gasteiger partial charge in [0.25, 0.3) is 5.91 Å². The van der Waals surface area contributed by atoms with E-state index in [1.165, 1.54) is 0 Å². The number of para-hydroxylation sites is 1. The second-order valence-electron chi connectivity index (χ2n) is 9.95. The van der Waals surface area contributed by atoms with Crippen LogP contribution in [0.1, 0.15) is 53.8 Å². The highest BCUT2D eigenvalue weighted by Crippen LogP contribution is 2.50. The van der Waals surface area contributed by atoms with Gasteiger partial charge in [0.2, 0.25) is 0 Å². The van der Waals surface area contributed by atoms with Crippen LogP contribution in [0, 0.1) is 24.7 Å². The molecular weight excluding hydrogens is 471 g/mol. The highest BCUT2D eigenvalue weighted by atomic mass is 19.4. The quantitative estimate of drug-likeness (QED) is 0.348. The van der Waals surface area contributed by atoms with Crippen molar-refractivity contribution >= 4 is 22.5 Å². The summed E-state index contributed by atoms with van der Waals surface area (Å²) >= 11 is 0. The third-order valence-electron chi connectivity index (χ3n) is 7.45. The summed E-state index contributed by atoms with van der Waals surface area (Å²) in [6.07, 6.45) is 0.693. The van der Waals surface area contributed by atoms with Gasteiger partial charge in [0.15, 0.2) is 0 Å². The smallest absolute Gasteiger partial charge is 0.392 e. The van der Waals surface area contributed by atoms with Gasteiger partial charge in [-0.05, 0) is 51.2 Å². The van der Waals surface area contributed by atoms with Crippen molar-refractivity contribution in [2.24, 2.45) is 30.0 Å². The molecule has 0 saturated heterocycles. The molecule has 3 aromatic rings. The van der Waals surface area contributed by atoms with Crippen molar-refractivity contribution in [2.75, 3.05) is 6.61 Å². The number of aromatic amines is 1. The third kappa shape index (κ3) is 4.99. The molecule has 2 fully saturated rings. The van der Waals surface area contributed by atoms with Crippen molar-refractivity contribution < 1.29 is 22.8 Å². The van der Waals surface area contributed by atoms with Gasteiger partial charge in [0, 0.05) is 47.7 Å². The van der Waals surface area contributed by atoms with Crippen LogP contribution in [0.5, 0.6) is 0 Å². The van der Waals surface area contributed by atoms with Gasteiger partial charge in [0.05, 0.1) is 17.2 Å². The molecule has 0 radical (unpaired) electrons. The minimum atomic E-state index is -4.17. The predicted octanol–water partition coefficient (Wildman–Crippen LogP) is 5.12. The largest absolute Gasteiger partial charge is 0.395 e. The molecule has 192 valence electrons. The molecule has 1 amide bonds. The molecule has 0 aliphatic heterocycles. The first kappa shape index (κ1) is 24.4. The number of aryl methyl sites for hydroxylation is 2. The molecule has 0 bridgehead atoms. The summed E-state index contributed by atoms with van der Waals surface area (Å²) in [7, 11) is 1.81. The number of nitrogens with one attached hydrogen (secondary N) is 2. The Labute approximate surface area is 207 Å². The maximum atomic E-state index is 13.1. The zero-order valence-corrected chi connectivity index (χ0v) is 20.3. The third-order valence-corrected chi connectivity index (χ3v) is 7.45. The first-order chi connectivity index (χ1) is 17.2. The van der Waals surface area contributed by atoms with E-state index in [0.717, 1.165) is 48.0 Å². The van der Waals surface area contributed by atoms with E-state index in [-0.39, 0.29) is 30.9 Å². The Bertz CT molecular complexity index is 1270. The molecule has 10 heteroatoms. The van der Waals surface area contributed by atoms with Crippen LogP contribution < -0.4 is 5.32 Å². The summed E-state index contributed by atoms with van der Waals surface area (Å²) in [5, 5.41) is 12.6. The molecule has 2 aliphatic carbocycles. The second kappa shape index (κ2) is 9.63. The fraction of sp³-hybridized carbons (Fsp3) is 0.500. The van der Waals surface area contributed by atoms with Gasteiger partial charge in [-0.1, -0.05) is 23.4 Å². The Kier molecular flexibility index (Phi) is 6.53. The topological polar surface area (TPSA) is 84.3 Å². The van der Waals surface area contributed by atoms with E-state index in [0.29, 0.717) is 11.3 Å². The standard InChI is InChI=1S/C26H30F3N5O2/c1-15-23(19-5-3-4-6-21(19)31-15)25(35)32-18-9-7-16(8-10-18)24(22-11-12-30-34(22)2)33-36-14-17-13-20(17)26(27,28)29/h3-6,11-12,16-18,20,31H,7-10,13-14H2,1-2H3,(H,32,35)/b33-24-/t16-,17?,18-,20?. The predicted molar refractivity (Wildman–Crippen MR) is 130 cm³/mol. The lowest BCUT2D eigenvalue weighted by atomic mass is 9.82. The molecule has 2 N–H and O–H groups in total. The van der Waals surface area contributed by atoms with Crippen LogP contribution in [0.25, 0.3) is 10.9 Å². The molecule has 2 aromatic heterocycles. The first-order valence-electron chi connectivity index (χ1n) is 12.4. The van der Waals surface area contributed by atoms with Gasteiger partial charge >= 0.3 is 6.18 Å². The number of carbonyl (C=O) groups excluding carboxylic acids is 1. The highest BCUT2D eigenvalue weighted by Gasteiger charge is 2.56. The maximum absolute atomic E-state index is 13.1. The fourth-order valence-electron chi connectivity index (χ4n) is 5.33. The number of H-pyrrole nitrogens is 1. The minimum Gasteiger partial charge on any atom is -0.395 e. The van der Waals surface area contributed by atoms with Crippen molar-refractivity contribution in [1.29, 1.82) is 0 Å². The number of nitrogens with zero attached hydrogens (tertiary/aromatic N) is 3. The summed E-state index contributed by atoms with van der Waals surface area (Å²) < 4.78 is 40.2. The van der Waals surface area contributed by atoms with Gasteiger partial charge in [-0.15, -0.1) is 0 Å². The SMILES string of the molecule is Cc1[nH]c2ccccc2c1C(=O)N[C@H]1CC[C@H](/C(=N/OCC2CC2C(F)(F)F)c2ccnn2C)CC1. The zero-order valence-electron chi connectivity index (χ0n) is 20.3. The van der Waals surface area contributed by atoms with E-state index < -0.39 is 18.0 Å². The summed E-state index contributed by atoms with van der Waals surface area (Å²) in [5.74, 6) is -1.82. The number of carbonyl (C=O) groups is 1. The molecule has 2 aliphatic rings. The number of oxime groups is 1. The number of fused-ring (bicyclic) bond motifs is 1. The Morgan fingerprint density at radius 3 is 2.64 bits per heavy atom. The number of benzene rings is 1. The van der Waals surface area contributed by atoms with Crippen molar-refractivity contribution in [1.82, 2.24) is 20.1 Å².